The molecule has 0 unspecified atom stereocenters. The Morgan fingerprint density at radius 3 is 2.94 bits per heavy atom. The summed E-state index contributed by atoms with van der Waals surface area (Å²) < 4.78 is 8.54. The molecule has 1 aliphatic heterocycles. The first-order valence-electron chi connectivity index (χ1n) is 10.8. The number of anilines is 1. The second kappa shape index (κ2) is 9.86. The van der Waals surface area contributed by atoms with Gasteiger partial charge in [-0.1, -0.05) is 39.7 Å². The molecule has 35 heavy (non-hydrogen) atoms. The van der Waals surface area contributed by atoms with E-state index in [2.05, 4.69) is 36.5 Å². The molecule has 0 radical (unpaired) electrons. The minimum Gasteiger partial charge on any atom is -0.390 e. The number of hydrogen-bond donors (Lipinski definition) is 3. The average molecular weight is 559 g/mol. The molecule has 1 aliphatic rings. The largest absolute Gasteiger partial charge is 0.390 e. The number of nitrogens with one attached hydrogen (secondary N) is 2. The molecule has 180 valence electrons. The number of aliphatic hydroxyl groups excluding tert-OH is 1. The average Bonchev–Trinajstić information content (AvgIpc) is 3.45. The fourth-order valence-electron chi connectivity index (χ4n) is 3.95. The van der Waals surface area contributed by atoms with Crippen molar-refractivity contribution in [3.63, 3.8) is 0 Å². The molecule has 3 aromatic heterocycles. The Bertz CT molecular complexity index is 1400. The molecule has 5 rings (SSSR count). The van der Waals surface area contributed by atoms with Crippen LogP contribution in [0.25, 0.3) is 22.6 Å². The third-order valence-corrected chi connectivity index (χ3v) is 6.34. The topological polar surface area (TPSA) is 127 Å². The summed E-state index contributed by atoms with van der Waals surface area (Å²) >= 11 is 9.65. The van der Waals surface area contributed by atoms with Gasteiger partial charge in [0.15, 0.2) is 28.9 Å². The van der Waals surface area contributed by atoms with Crippen LogP contribution in [-0.2, 0) is 16.1 Å². The Hall–Kier alpha value is -3.12. The number of nitrogens with zero attached hydrogens (tertiary/aromatic N) is 5. The van der Waals surface area contributed by atoms with Crippen molar-refractivity contribution < 1.29 is 14.6 Å². The Morgan fingerprint density at radius 2 is 2.17 bits per heavy atom. The minimum atomic E-state index is -0.977. The van der Waals surface area contributed by atoms with Gasteiger partial charge in [-0.05, 0) is 23.8 Å². The molecule has 4 aromatic rings. The standard InChI is InChI=1S/C23H21BrClN7O3/c1-26-23(34)19-16(33)7-17(35-19)32-11-29-18-21(28-8-12-3-2-4-14(24)5-12)30-20(31-22(18)32)13-6-15(25)10-27-9-13/h2-6,9-11,16-17,19,33H,7-8H2,1H3,(H,26,34)(H,28,30,31)/t16-,17+,19-/m0/s1. The number of imidazole rings is 1. The lowest BCUT2D eigenvalue weighted by atomic mass is 10.1. The number of aromatic nitrogens is 5. The first-order chi connectivity index (χ1) is 16.9. The number of carbonyl (C=O) groups is 1. The molecule has 0 spiro atoms. The summed E-state index contributed by atoms with van der Waals surface area (Å²) in [7, 11) is 1.50. The number of rotatable bonds is 6. The number of fused-ring (bicyclic) bond motifs is 1. The van der Waals surface area contributed by atoms with Crippen LogP contribution >= 0.6 is 27.5 Å². The van der Waals surface area contributed by atoms with Crippen LogP contribution in [0.4, 0.5) is 5.82 Å². The molecule has 12 heteroatoms. The summed E-state index contributed by atoms with van der Waals surface area (Å²) in [6.07, 6.45) is 2.39. The first-order valence-corrected chi connectivity index (χ1v) is 12.0. The fraction of sp³-hybridized carbons (Fsp3) is 0.261. The Morgan fingerprint density at radius 1 is 1.31 bits per heavy atom. The quantitative estimate of drug-likeness (QED) is 0.329. The molecule has 1 saturated heterocycles. The summed E-state index contributed by atoms with van der Waals surface area (Å²) in [4.78, 5) is 30.2. The highest BCUT2D eigenvalue weighted by Crippen LogP contribution is 2.33. The van der Waals surface area contributed by atoms with Crippen LogP contribution in [0.2, 0.25) is 5.02 Å². The number of pyridine rings is 1. The zero-order chi connectivity index (χ0) is 24.5. The van der Waals surface area contributed by atoms with Gasteiger partial charge in [0.2, 0.25) is 0 Å². The van der Waals surface area contributed by atoms with Crippen molar-refractivity contribution in [2.75, 3.05) is 12.4 Å². The van der Waals surface area contributed by atoms with Crippen molar-refractivity contribution in [3.05, 3.63) is 64.1 Å². The normalized spacial score (nSPS) is 19.7. The van der Waals surface area contributed by atoms with E-state index in [1.54, 1.807) is 23.2 Å². The minimum absolute atomic E-state index is 0.211. The van der Waals surface area contributed by atoms with Crippen LogP contribution in [0.3, 0.4) is 0 Å². The molecule has 0 aliphatic carbocycles. The van der Waals surface area contributed by atoms with Crippen molar-refractivity contribution in [2.24, 2.45) is 0 Å². The van der Waals surface area contributed by atoms with Crippen LogP contribution < -0.4 is 10.6 Å². The van der Waals surface area contributed by atoms with Crippen molar-refractivity contribution in [3.8, 4) is 11.4 Å². The molecule has 0 saturated carbocycles. The number of ether oxygens (including phenoxy) is 1. The second-order valence-electron chi connectivity index (χ2n) is 8.02. The van der Waals surface area contributed by atoms with Gasteiger partial charge in [0.1, 0.15) is 6.23 Å². The zero-order valence-electron chi connectivity index (χ0n) is 18.5. The summed E-state index contributed by atoms with van der Waals surface area (Å²) in [5.74, 6) is 0.526. The number of aliphatic hydroxyl groups is 1. The van der Waals surface area contributed by atoms with E-state index >= 15 is 0 Å². The lowest BCUT2D eigenvalue weighted by molar-refractivity contribution is -0.137. The monoisotopic (exact) mass is 557 g/mol. The molecule has 0 bridgehead atoms. The smallest absolute Gasteiger partial charge is 0.251 e. The van der Waals surface area contributed by atoms with Gasteiger partial charge in [0, 0.05) is 42.4 Å². The van der Waals surface area contributed by atoms with Gasteiger partial charge < -0.3 is 20.5 Å². The van der Waals surface area contributed by atoms with E-state index in [-0.39, 0.29) is 12.3 Å². The highest BCUT2D eigenvalue weighted by molar-refractivity contribution is 9.10. The Labute approximate surface area is 213 Å². The molecular formula is C23H21BrClN7O3. The molecule has 3 atom stereocenters. The van der Waals surface area contributed by atoms with Gasteiger partial charge in [-0.2, -0.15) is 0 Å². The summed E-state index contributed by atoms with van der Waals surface area (Å²) in [6, 6.07) is 9.66. The van der Waals surface area contributed by atoms with E-state index in [1.807, 2.05) is 24.3 Å². The molecule has 3 N–H and O–H groups in total. The van der Waals surface area contributed by atoms with E-state index in [4.69, 9.17) is 26.3 Å². The summed E-state index contributed by atoms with van der Waals surface area (Å²) in [6.45, 7) is 0.503. The summed E-state index contributed by atoms with van der Waals surface area (Å²) in [5.41, 5.74) is 2.70. The van der Waals surface area contributed by atoms with Gasteiger partial charge >= 0.3 is 0 Å². The van der Waals surface area contributed by atoms with Crippen molar-refractivity contribution in [1.29, 1.82) is 0 Å². The van der Waals surface area contributed by atoms with Crippen molar-refractivity contribution >= 4 is 50.4 Å². The van der Waals surface area contributed by atoms with Crippen molar-refractivity contribution in [1.82, 2.24) is 29.8 Å². The van der Waals surface area contributed by atoms with Gasteiger partial charge in [-0.3, -0.25) is 14.3 Å². The molecule has 10 nitrogen and oxygen atoms in total. The second-order valence-corrected chi connectivity index (χ2v) is 9.38. The maximum absolute atomic E-state index is 12.1. The molecule has 1 aromatic carbocycles. The number of carbonyl (C=O) groups excluding carboxylic acids is 1. The van der Waals surface area contributed by atoms with E-state index in [0.717, 1.165) is 10.0 Å². The van der Waals surface area contributed by atoms with Crippen molar-refractivity contribution in [2.45, 2.75) is 31.4 Å². The predicted molar refractivity (Wildman–Crippen MR) is 134 cm³/mol. The Balaban J connectivity index is 1.55. The molecular weight excluding hydrogens is 538 g/mol. The summed E-state index contributed by atoms with van der Waals surface area (Å²) in [5, 5.41) is 16.7. The van der Waals surface area contributed by atoms with Crippen LogP contribution in [0.1, 0.15) is 18.2 Å². The van der Waals surface area contributed by atoms with E-state index in [0.29, 0.717) is 39.9 Å². The third-order valence-electron chi connectivity index (χ3n) is 5.64. The fourth-order valence-corrected chi connectivity index (χ4v) is 4.57. The van der Waals surface area contributed by atoms with E-state index in [1.165, 1.54) is 13.2 Å². The van der Waals surface area contributed by atoms with Gasteiger partial charge in [0.25, 0.3) is 5.91 Å². The molecule has 1 amide bonds. The highest BCUT2D eigenvalue weighted by Gasteiger charge is 2.40. The number of benzene rings is 1. The highest BCUT2D eigenvalue weighted by atomic mass is 79.9. The SMILES string of the molecule is CNC(=O)[C@H]1O[C@@H](n2cnc3c(NCc4cccc(Br)c4)nc(-c4cncc(Cl)c4)nc32)C[C@@H]1O. The van der Waals surface area contributed by atoms with Gasteiger partial charge in [-0.25, -0.2) is 15.0 Å². The number of hydrogen-bond acceptors (Lipinski definition) is 8. The zero-order valence-corrected chi connectivity index (χ0v) is 20.9. The maximum atomic E-state index is 12.1. The molecule has 4 heterocycles. The number of amides is 1. The van der Waals surface area contributed by atoms with Crippen LogP contribution in [0.15, 0.2) is 53.5 Å². The number of halogens is 2. The number of likely N-dealkylation sites (N-methyl/N-ethyl adjacent to an activating group) is 1. The van der Waals surface area contributed by atoms with Crippen LogP contribution in [0, 0.1) is 0 Å². The first kappa shape index (κ1) is 23.6. The van der Waals surface area contributed by atoms with Gasteiger partial charge in [0.05, 0.1) is 17.5 Å². The lowest BCUT2D eigenvalue weighted by Gasteiger charge is -2.15. The van der Waals surface area contributed by atoms with Gasteiger partial charge in [-0.15, -0.1) is 0 Å². The van der Waals surface area contributed by atoms with E-state index < -0.39 is 18.4 Å². The predicted octanol–water partition coefficient (Wildman–Crippen LogP) is 3.31. The third kappa shape index (κ3) is 4.85. The maximum Gasteiger partial charge on any atom is 0.251 e. The van der Waals surface area contributed by atoms with E-state index in [9.17, 15) is 9.90 Å². The van der Waals surface area contributed by atoms with Crippen LogP contribution in [-0.4, -0.2) is 54.8 Å². The molecule has 1 fully saturated rings. The lowest BCUT2D eigenvalue weighted by Crippen LogP contribution is -2.38. The Kier molecular flexibility index (Phi) is 6.65. The van der Waals surface area contributed by atoms with Crippen LogP contribution in [0.5, 0.6) is 0 Å².